The molecule has 0 spiro atoms. The van der Waals surface area contributed by atoms with Crippen LogP contribution in [0.15, 0.2) is 170 Å². The molecule has 0 N–H and O–H groups in total. The lowest BCUT2D eigenvalue weighted by Gasteiger charge is -2.23. The summed E-state index contributed by atoms with van der Waals surface area (Å²) in [5.74, 6) is 0. The van der Waals surface area contributed by atoms with E-state index in [1.54, 1.807) is 0 Å². The zero-order valence-corrected chi connectivity index (χ0v) is 28.7. The molecule has 51 heavy (non-hydrogen) atoms. The Kier molecular flexibility index (Phi) is 5.82. The number of rotatable bonds is 2. The lowest BCUT2D eigenvalue weighted by molar-refractivity contribution is 0.661. The van der Waals surface area contributed by atoms with Crippen LogP contribution in [0, 0.1) is 0 Å². The van der Waals surface area contributed by atoms with Gasteiger partial charge in [0.1, 0.15) is 0 Å². The molecular formula is C51H34. The van der Waals surface area contributed by atoms with Gasteiger partial charge in [-0.1, -0.05) is 159 Å². The smallest absolute Gasteiger partial charge is 0.0159 e. The van der Waals surface area contributed by atoms with Gasteiger partial charge in [0, 0.05) is 5.41 Å². The van der Waals surface area contributed by atoms with E-state index in [0.717, 1.165) is 0 Å². The van der Waals surface area contributed by atoms with Gasteiger partial charge in [-0.15, -0.1) is 0 Å². The van der Waals surface area contributed by atoms with E-state index in [-0.39, 0.29) is 5.41 Å². The molecule has 0 amide bonds. The summed E-state index contributed by atoms with van der Waals surface area (Å²) in [4.78, 5) is 0. The summed E-state index contributed by atoms with van der Waals surface area (Å²) >= 11 is 0. The Morgan fingerprint density at radius 1 is 0.255 bits per heavy atom. The number of fused-ring (bicyclic) bond motifs is 15. The van der Waals surface area contributed by atoms with Gasteiger partial charge in [0.25, 0.3) is 0 Å². The highest BCUT2D eigenvalue weighted by molar-refractivity contribution is 6.27. The molecule has 0 bridgehead atoms. The molecule has 0 aliphatic heterocycles. The molecule has 0 saturated carbocycles. The Morgan fingerprint density at radius 3 is 0.843 bits per heavy atom. The van der Waals surface area contributed by atoms with Gasteiger partial charge in [-0.25, -0.2) is 0 Å². The van der Waals surface area contributed by atoms with Crippen molar-refractivity contribution in [3.8, 4) is 33.4 Å². The van der Waals surface area contributed by atoms with Crippen molar-refractivity contribution >= 4 is 64.6 Å². The fourth-order valence-electron chi connectivity index (χ4n) is 9.27. The molecule has 0 unspecified atom stereocenters. The summed E-state index contributed by atoms with van der Waals surface area (Å²) in [6, 6.07) is 63.7. The van der Waals surface area contributed by atoms with E-state index >= 15 is 0 Å². The molecule has 0 radical (unpaired) electrons. The average molecular weight is 647 g/mol. The average Bonchev–Trinajstić information content (AvgIpc) is 3.42. The van der Waals surface area contributed by atoms with E-state index < -0.39 is 0 Å². The van der Waals surface area contributed by atoms with Crippen molar-refractivity contribution in [1.82, 2.24) is 0 Å². The van der Waals surface area contributed by atoms with Crippen molar-refractivity contribution in [3.05, 3.63) is 181 Å². The van der Waals surface area contributed by atoms with E-state index in [1.165, 1.54) is 109 Å². The van der Waals surface area contributed by atoms with Crippen molar-refractivity contribution < 1.29 is 0 Å². The minimum Gasteiger partial charge on any atom is -0.0616 e. The summed E-state index contributed by atoms with van der Waals surface area (Å²) in [6.45, 7) is 4.79. The van der Waals surface area contributed by atoms with Crippen molar-refractivity contribution in [1.29, 1.82) is 0 Å². The molecule has 0 saturated heterocycles. The zero-order valence-electron chi connectivity index (χ0n) is 28.7. The number of hydrogen-bond acceptors (Lipinski definition) is 0. The Balaban J connectivity index is 1.03. The lowest BCUT2D eigenvalue weighted by atomic mass is 9.80. The number of hydrogen-bond donors (Lipinski definition) is 0. The molecule has 0 heterocycles. The fourth-order valence-corrected chi connectivity index (χ4v) is 9.27. The second-order valence-electron chi connectivity index (χ2n) is 14.8. The van der Waals surface area contributed by atoms with Crippen LogP contribution in [0.1, 0.15) is 25.0 Å². The second-order valence-corrected chi connectivity index (χ2v) is 14.8. The van der Waals surface area contributed by atoms with Gasteiger partial charge in [0.05, 0.1) is 0 Å². The van der Waals surface area contributed by atoms with Gasteiger partial charge in [-0.05, 0) is 133 Å². The molecular weight excluding hydrogens is 613 g/mol. The van der Waals surface area contributed by atoms with E-state index in [9.17, 15) is 0 Å². The minimum atomic E-state index is -0.129. The van der Waals surface area contributed by atoms with Crippen LogP contribution in [0.5, 0.6) is 0 Å². The van der Waals surface area contributed by atoms with Gasteiger partial charge >= 0.3 is 0 Å². The molecule has 10 aromatic rings. The standard InChI is InChI=1S/C51H34/c1-51(2)49-29-33(31-19-23-43-39-15-5-3-11-35(39)37-13-7-9-17-41(37)47(43)27-31)21-25-45(49)46-26-22-34(30-50(46)51)32-20-24-44-40-16-6-4-12-36(40)38-14-8-10-18-42(38)48(44)28-32/h3-30H,1-2H3. The maximum atomic E-state index is 2.45. The van der Waals surface area contributed by atoms with Crippen LogP contribution >= 0.6 is 0 Å². The summed E-state index contributed by atoms with van der Waals surface area (Å²) in [7, 11) is 0. The largest absolute Gasteiger partial charge is 0.0616 e. The first kappa shape index (κ1) is 28.6. The first-order valence-corrected chi connectivity index (χ1v) is 18.0. The highest BCUT2D eigenvalue weighted by Gasteiger charge is 2.36. The molecule has 0 fully saturated rings. The van der Waals surface area contributed by atoms with Crippen molar-refractivity contribution in [2.24, 2.45) is 0 Å². The maximum Gasteiger partial charge on any atom is 0.0159 e. The molecule has 0 aromatic heterocycles. The predicted molar refractivity (Wildman–Crippen MR) is 220 cm³/mol. The summed E-state index contributed by atoms with van der Waals surface area (Å²) < 4.78 is 0. The van der Waals surface area contributed by atoms with Crippen molar-refractivity contribution in [2.45, 2.75) is 19.3 Å². The molecule has 0 nitrogen and oxygen atoms in total. The van der Waals surface area contributed by atoms with Crippen LogP contribution in [0.3, 0.4) is 0 Å². The van der Waals surface area contributed by atoms with Crippen LogP contribution < -0.4 is 0 Å². The van der Waals surface area contributed by atoms with Crippen molar-refractivity contribution in [2.75, 3.05) is 0 Å². The Labute approximate surface area is 297 Å². The lowest BCUT2D eigenvalue weighted by Crippen LogP contribution is -2.15. The summed E-state index contributed by atoms with van der Waals surface area (Å²) in [6.07, 6.45) is 0. The fraction of sp³-hybridized carbons (Fsp3) is 0.0588. The van der Waals surface area contributed by atoms with Crippen LogP contribution in [0.4, 0.5) is 0 Å². The van der Waals surface area contributed by atoms with Crippen LogP contribution in [-0.2, 0) is 5.41 Å². The molecule has 11 rings (SSSR count). The highest BCUT2D eigenvalue weighted by Crippen LogP contribution is 2.51. The quantitative estimate of drug-likeness (QED) is 0.164. The Morgan fingerprint density at radius 2 is 0.510 bits per heavy atom. The molecule has 238 valence electrons. The zero-order chi connectivity index (χ0) is 33.8. The molecule has 10 aromatic carbocycles. The van der Waals surface area contributed by atoms with Crippen LogP contribution in [0.25, 0.3) is 98.0 Å². The molecule has 1 aliphatic carbocycles. The van der Waals surface area contributed by atoms with Gasteiger partial charge in [0.15, 0.2) is 0 Å². The maximum absolute atomic E-state index is 2.45. The monoisotopic (exact) mass is 646 g/mol. The second kappa shape index (κ2) is 10.4. The summed E-state index contributed by atoms with van der Waals surface area (Å²) in [5, 5.41) is 15.7. The van der Waals surface area contributed by atoms with Gasteiger partial charge in [-0.3, -0.25) is 0 Å². The topological polar surface area (TPSA) is 0 Å². The van der Waals surface area contributed by atoms with Crippen LogP contribution in [-0.4, -0.2) is 0 Å². The third-order valence-electron chi connectivity index (χ3n) is 11.8. The van der Waals surface area contributed by atoms with E-state index in [1.807, 2.05) is 0 Å². The SMILES string of the molecule is CC1(C)c2cc(-c3ccc4c5ccccc5c5ccccc5c4c3)ccc2-c2ccc(-c3ccc4c5ccccc5c5ccccc5c4c3)cc21. The molecule has 1 aliphatic rings. The van der Waals surface area contributed by atoms with E-state index in [2.05, 4.69) is 184 Å². The normalized spacial score (nSPS) is 13.5. The van der Waals surface area contributed by atoms with E-state index in [0.29, 0.717) is 0 Å². The first-order valence-electron chi connectivity index (χ1n) is 18.0. The summed E-state index contributed by atoms with van der Waals surface area (Å²) in [5.41, 5.74) is 10.4. The van der Waals surface area contributed by atoms with E-state index in [4.69, 9.17) is 0 Å². The third kappa shape index (κ3) is 4.02. The minimum absolute atomic E-state index is 0.129. The predicted octanol–water partition coefficient (Wildman–Crippen LogP) is 14.2. The number of benzene rings is 10. The van der Waals surface area contributed by atoms with Gasteiger partial charge in [0.2, 0.25) is 0 Å². The molecule has 0 atom stereocenters. The van der Waals surface area contributed by atoms with Crippen molar-refractivity contribution in [3.63, 3.8) is 0 Å². The third-order valence-corrected chi connectivity index (χ3v) is 11.8. The van der Waals surface area contributed by atoms with Gasteiger partial charge < -0.3 is 0 Å². The Hall–Kier alpha value is -6.24. The first-order chi connectivity index (χ1) is 25.0. The van der Waals surface area contributed by atoms with Gasteiger partial charge in [-0.2, -0.15) is 0 Å². The molecule has 0 heteroatoms. The Bertz CT molecular complexity index is 2820. The highest BCUT2D eigenvalue weighted by atomic mass is 14.4. The van der Waals surface area contributed by atoms with Crippen LogP contribution in [0.2, 0.25) is 0 Å².